The zero-order valence-electron chi connectivity index (χ0n) is 9.83. The van der Waals surface area contributed by atoms with Gasteiger partial charge in [-0.1, -0.05) is 25.7 Å². The zero-order chi connectivity index (χ0) is 10.7. The summed E-state index contributed by atoms with van der Waals surface area (Å²) in [5.74, 6) is 1.81. The molecule has 0 aromatic heterocycles. The summed E-state index contributed by atoms with van der Waals surface area (Å²) < 4.78 is 0. The van der Waals surface area contributed by atoms with Crippen LogP contribution >= 0.6 is 0 Å². The lowest BCUT2D eigenvalue weighted by Crippen LogP contribution is -2.32. The third-order valence-electron chi connectivity index (χ3n) is 4.31. The second-order valence-electron chi connectivity index (χ2n) is 5.82. The Bertz CT molecular complexity index is 173. The molecule has 0 saturated heterocycles. The van der Waals surface area contributed by atoms with E-state index in [0.29, 0.717) is 12.1 Å². The molecule has 0 aromatic rings. The van der Waals surface area contributed by atoms with Gasteiger partial charge in [-0.05, 0) is 43.9 Å². The molecule has 0 aliphatic heterocycles. The SMILES string of the molecule is N[C@@H]1CCC[C@@H](C[C@H]2CCC[C@@H](N)C2)C1. The minimum Gasteiger partial charge on any atom is -0.328 e. The Balaban J connectivity index is 1.75. The minimum absolute atomic E-state index is 0.487. The van der Waals surface area contributed by atoms with Crippen LogP contribution in [0.2, 0.25) is 0 Å². The average Bonchev–Trinajstić information content (AvgIpc) is 2.17. The van der Waals surface area contributed by atoms with Gasteiger partial charge >= 0.3 is 0 Å². The molecular weight excluding hydrogens is 184 g/mol. The molecule has 0 unspecified atom stereocenters. The second-order valence-corrected chi connectivity index (χ2v) is 5.82. The minimum atomic E-state index is 0.487. The van der Waals surface area contributed by atoms with Crippen LogP contribution < -0.4 is 11.5 Å². The van der Waals surface area contributed by atoms with Gasteiger partial charge in [0, 0.05) is 12.1 Å². The topological polar surface area (TPSA) is 52.0 Å². The summed E-state index contributed by atoms with van der Waals surface area (Å²) in [7, 11) is 0. The van der Waals surface area contributed by atoms with Crippen molar-refractivity contribution in [1.82, 2.24) is 0 Å². The van der Waals surface area contributed by atoms with Gasteiger partial charge in [0.15, 0.2) is 0 Å². The normalized spacial score (nSPS) is 42.8. The molecule has 2 rings (SSSR count). The quantitative estimate of drug-likeness (QED) is 0.735. The van der Waals surface area contributed by atoms with E-state index >= 15 is 0 Å². The van der Waals surface area contributed by atoms with Crippen molar-refractivity contribution < 1.29 is 0 Å². The molecule has 2 saturated carbocycles. The van der Waals surface area contributed by atoms with E-state index in [9.17, 15) is 0 Å². The van der Waals surface area contributed by atoms with Crippen LogP contribution in [0.25, 0.3) is 0 Å². The molecule has 2 aliphatic carbocycles. The third-order valence-corrected chi connectivity index (χ3v) is 4.31. The summed E-state index contributed by atoms with van der Waals surface area (Å²) >= 11 is 0. The molecule has 2 nitrogen and oxygen atoms in total. The van der Waals surface area contributed by atoms with Gasteiger partial charge in [0.25, 0.3) is 0 Å². The highest BCUT2D eigenvalue weighted by atomic mass is 14.6. The van der Waals surface area contributed by atoms with E-state index in [1.165, 1.54) is 57.8 Å². The van der Waals surface area contributed by atoms with Gasteiger partial charge < -0.3 is 11.5 Å². The van der Waals surface area contributed by atoms with E-state index in [1.54, 1.807) is 0 Å². The molecule has 4 N–H and O–H groups in total. The molecule has 2 aliphatic rings. The Labute approximate surface area is 93.8 Å². The van der Waals surface area contributed by atoms with Gasteiger partial charge in [0.2, 0.25) is 0 Å². The van der Waals surface area contributed by atoms with E-state index in [2.05, 4.69) is 0 Å². The molecule has 4 atom stereocenters. The van der Waals surface area contributed by atoms with Crippen LogP contribution in [0.1, 0.15) is 57.8 Å². The van der Waals surface area contributed by atoms with Gasteiger partial charge in [0.1, 0.15) is 0 Å². The Morgan fingerprint density at radius 2 is 1.20 bits per heavy atom. The second kappa shape index (κ2) is 5.31. The smallest absolute Gasteiger partial charge is 0.00414 e. The highest BCUT2D eigenvalue weighted by Crippen LogP contribution is 2.34. The van der Waals surface area contributed by atoms with Gasteiger partial charge in [-0.2, -0.15) is 0 Å². The van der Waals surface area contributed by atoms with Crippen LogP contribution in [0.3, 0.4) is 0 Å². The maximum atomic E-state index is 6.03. The molecule has 0 aromatic carbocycles. The van der Waals surface area contributed by atoms with Crippen molar-refractivity contribution in [1.29, 1.82) is 0 Å². The van der Waals surface area contributed by atoms with Gasteiger partial charge in [-0.3, -0.25) is 0 Å². The van der Waals surface area contributed by atoms with E-state index in [0.717, 1.165) is 11.8 Å². The fraction of sp³-hybridized carbons (Fsp3) is 1.00. The summed E-state index contributed by atoms with van der Waals surface area (Å²) in [4.78, 5) is 0. The lowest BCUT2D eigenvalue weighted by Gasteiger charge is -2.33. The number of rotatable bonds is 2. The lowest BCUT2D eigenvalue weighted by atomic mass is 9.75. The Morgan fingerprint density at radius 3 is 1.60 bits per heavy atom. The molecule has 2 heteroatoms. The Hall–Kier alpha value is -0.0800. The van der Waals surface area contributed by atoms with Crippen molar-refractivity contribution in [3.05, 3.63) is 0 Å². The maximum Gasteiger partial charge on any atom is 0.00414 e. The third kappa shape index (κ3) is 3.46. The van der Waals surface area contributed by atoms with Crippen LogP contribution in [0.5, 0.6) is 0 Å². The average molecular weight is 210 g/mol. The molecular formula is C13H26N2. The van der Waals surface area contributed by atoms with E-state index in [-0.39, 0.29) is 0 Å². The van der Waals surface area contributed by atoms with Crippen molar-refractivity contribution in [2.24, 2.45) is 23.3 Å². The molecule has 0 spiro atoms. The summed E-state index contributed by atoms with van der Waals surface area (Å²) in [5.41, 5.74) is 12.1. The molecule has 15 heavy (non-hydrogen) atoms. The highest BCUT2D eigenvalue weighted by molar-refractivity contribution is 4.81. The van der Waals surface area contributed by atoms with E-state index in [1.807, 2.05) is 0 Å². The van der Waals surface area contributed by atoms with Crippen LogP contribution in [-0.4, -0.2) is 12.1 Å². The Morgan fingerprint density at radius 1 is 0.733 bits per heavy atom. The van der Waals surface area contributed by atoms with Crippen LogP contribution in [-0.2, 0) is 0 Å². The first kappa shape index (κ1) is 11.4. The zero-order valence-corrected chi connectivity index (χ0v) is 9.83. The van der Waals surface area contributed by atoms with E-state index in [4.69, 9.17) is 11.5 Å². The first-order valence-corrected chi connectivity index (χ1v) is 6.75. The van der Waals surface area contributed by atoms with Crippen molar-refractivity contribution in [2.75, 3.05) is 0 Å². The van der Waals surface area contributed by atoms with Crippen molar-refractivity contribution in [3.63, 3.8) is 0 Å². The molecule has 2 fully saturated rings. The van der Waals surface area contributed by atoms with Gasteiger partial charge in [-0.15, -0.1) is 0 Å². The molecule has 0 heterocycles. The van der Waals surface area contributed by atoms with Crippen LogP contribution in [0.4, 0.5) is 0 Å². The first-order valence-electron chi connectivity index (χ1n) is 6.75. The van der Waals surface area contributed by atoms with Crippen molar-refractivity contribution in [2.45, 2.75) is 69.9 Å². The fourth-order valence-corrected chi connectivity index (χ4v) is 3.56. The molecule has 88 valence electrons. The van der Waals surface area contributed by atoms with Crippen LogP contribution in [0, 0.1) is 11.8 Å². The molecule has 0 amide bonds. The van der Waals surface area contributed by atoms with Crippen molar-refractivity contribution >= 4 is 0 Å². The summed E-state index contributed by atoms with van der Waals surface area (Å²) in [6.45, 7) is 0. The largest absolute Gasteiger partial charge is 0.328 e. The van der Waals surface area contributed by atoms with Crippen LogP contribution in [0.15, 0.2) is 0 Å². The fourth-order valence-electron chi connectivity index (χ4n) is 3.56. The van der Waals surface area contributed by atoms with Gasteiger partial charge in [0.05, 0.1) is 0 Å². The lowest BCUT2D eigenvalue weighted by molar-refractivity contribution is 0.221. The number of hydrogen-bond donors (Lipinski definition) is 2. The molecule has 0 radical (unpaired) electrons. The summed E-state index contributed by atoms with van der Waals surface area (Å²) in [5, 5.41) is 0. The monoisotopic (exact) mass is 210 g/mol. The highest BCUT2D eigenvalue weighted by Gasteiger charge is 2.25. The number of nitrogens with two attached hydrogens (primary N) is 2. The number of hydrogen-bond acceptors (Lipinski definition) is 2. The molecule has 0 bridgehead atoms. The van der Waals surface area contributed by atoms with Crippen molar-refractivity contribution in [3.8, 4) is 0 Å². The predicted molar refractivity (Wildman–Crippen MR) is 64.5 cm³/mol. The summed E-state index contributed by atoms with van der Waals surface area (Å²) in [6.07, 6.45) is 12.0. The summed E-state index contributed by atoms with van der Waals surface area (Å²) in [6, 6.07) is 0.974. The Kier molecular flexibility index (Phi) is 4.04. The van der Waals surface area contributed by atoms with E-state index < -0.39 is 0 Å². The van der Waals surface area contributed by atoms with Gasteiger partial charge in [-0.25, -0.2) is 0 Å². The predicted octanol–water partition coefficient (Wildman–Crippen LogP) is 2.41. The maximum absolute atomic E-state index is 6.03. The first-order chi connectivity index (χ1) is 7.24. The standard InChI is InChI=1S/C13H26N2/c14-12-5-1-3-10(8-12)7-11-4-2-6-13(15)9-11/h10-13H,1-9,14-15H2/t10-,11+,12-,13-/m1/s1.